The van der Waals surface area contributed by atoms with Crippen LogP contribution in [0.25, 0.3) is 0 Å². The molecule has 1 unspecified atom stereocenters. The third-order valence-electron chi connectivity index (χ3n) is 6.55. The lowest BCUT2D eigenvalue weighted by Crippen LogP contribution is -2.15. The van der Waals surface area contributed by atoms with Gasteiger partial charge in [0.2, 0.25) is 12.0 Å². The van der Waals surface area contributed by atoms with E-state index < -0.39 is 6.10 Å². The number of carbonyl (C=O) groups excluding carboxylic acids is 1. The number of ether oxygens (including phenoxy) is 2. The van der Waals surface area contributed by atoms with Crippen LogP contribution in [0.3, 0.4) is 0 Å². The summed E-state index contributed by atoms with van der Waals surface area (Å²) in [5.74, 6) is 0.334. The molecule has 0 aliphatic heterocycles. The number of nitrogens with zero attached hydrogens (tertiary/aromatic N) is 2. The molecule has 1 fully saturated rings. The Bertz CT molecular complexity index is 1200. The number of benzene rings is 2. The fourth-order valence-corrected chi connectivity index (χ4v) is 4.48. The molecule has 0 bridgehead atoms. The highest BCUT2D eigenvalue weighted by molar-refractivity contribution is 5.80. The van der Waals surface area contributed by atoms with E-state index in [2.05, 4.69) is 69.9 Å². The van der Waals surface area contributed by atoms with E-state index in [0.717, 1.165) is 5.56 Å². The maximum atomic E-state index is 13.1. The topological polar surface area (TPSA) is 72.2 Å². The normalized spacial score (nSPS) is 19.5. The van der Waals surface area contributed by atoms with Gasteiger partial charge in [-0.05, 0) is 40.2 Å². The Kier molecular flexibility index (Phi) is 6.18. The molecule has 4 rings (SSSR count). The van der Waals surface area contributed by atoms with Crippen LogP contribution in [0.2, 0.25) is 0 Å². The van der Waals surface area contributed by atoms with Crippen molar-refractivity contribution in [2.75, 3.05) is 0 Å². The van der Waals surface area contributed by atoms with Gasteiger partial charge < -0.3 is 9.47 Å². The maximum Gasteiger partial charge on any atom is 0.311 e. The summed E-state index contributed by atoms with van der Waals surface area (Å²) in [4.78, 5) is 17.5. The number of hydrogen-bond donors (Lipinski definition) is 0. The van der Waals surface area contributed by atoms with E-state index in [0.29, 0.717) is 17.3 Å². The van der Waals surface area contributed by atoms with Gasteiger partial charge in [0.25, 0.3) is 0 Å². The number of carbonyl (C=O) groups is 1. The van der Waals surface area contributed by atoms with Gasteiger partial charge in [0.15, 0.2) is 0 Å². The van der Waals surface area contributed by atoms with E-state index in [-0.39, 0.29) is 28.6 Å². The zero-order valence-corrected chi connectivity index (χ0v) is 20.3. The Balaban J connectivity index is 1.47. The van der Waals surface area contributed by atoms with Crippen LogP contribution in [-0.4, -0.2) is 11.0 Å². The van der Waals surface area contributed by atoms with Crippen LogP contribution in [0.15, 0.2) is 72.8 Å². The lowest BCUT2D eigenvalue weighted by Gasteiger charge is -2.19. The molecular weight excluding hydrogens is 424 g/mol. The van der Waals surface area contributed by atoms with Gasteiger partial charge in [0, 0.05) is 12.0 Å². The zero-order valence-electron chi connectivity index (χ0n) is 20.3. The molecular formula is C29H30N2O3. The molecule has 2 aromatic carbocycles. The molecule has 1 saturated carbocycles. The molecule has 1 aliphatic carbocycles. The Morgan fingerprint density at radius 1 is 1.00 bits per heavy atom. The Hall–Kier alpha value is -3.65. The number of pyridine rings is 1. The molecule has 0 spiro atoms. The second kappa shape index (κ2) is 8.95. The van der Waals surface area contributed by atoms with Crippen LogP contribution in [0.1, 0.15) is 63.5 Å². The first-order chi connectivity index (χ1) is 16.1. The molecule has 34 heavy (non-hydrogen) atoms. The van der Waals surface area contributed by atoms with Gasteiger partial charge in [-0.25, -0.2) is 4.98 Å². The van der Waals surface area contributed by atoms with E-state index in [1.165, 1.54) is 5.56 Å². The van der Waals surface area contributed by atoms with Crippen molar-refractivity contribution in [2.24, 2.45) is 11.3 Å². The van der Waals surface area contributed by atoms with Crippen molar-refractivity contribution in [3.8, 4) is 17.7 Å². The summed E-state index contributed by atoms with van der Waals surface area (Å²) in [6.07, 6.45) is -1.10. The predicted molar refractivity (Wildman–Crippen MR) is 130 cm³/mol. The second-order valence-electron chi connectivity index (χ2n) is 10.4. The monoisotopic (exact) mass is 454 g/mol. The molecule has 0 amide bonds. The summed E-state index contributed by atoms with van der Waals surface area (Å²) in [5, 5.41) is 9.72. The summed E-state index contributed by atoms with van der Waals surface area (Å²) in [5.41, 5.74) is 2.54. The van der Waals surface area contributed by atoms with Crippen molar-refractivity contribution in [3.05, 3.63) is 89.6 Å². The highest BCUT2D eigenvalue weighted by atomic mass is 16.5. The third kappa shape index (κ3) is 4.82. The van der Waals surface area contributed by atoms with Crippen molar-refractivity contribution >= 4 is 5.97 Å². The number of rotatable bonds is 6. The van der Waals surface area contributed by atoms with Crippen LogP contribution in [0.5, 0.6) is 11.6 Å². The van der Waals surface area contributed by atoms with E-state index >= 15 is 0 Å². The van der Waals surface area contributed by atoms with Crippen LogP contribution >= 0.6 is 0 Å². The largest absolute Gasteiger partial charge is 0.440 e. The molecule has 0 N–H and O–H groups in total. The Morgan fingerprint density at radius 3 is 2.29 bits per heavy atom. The first-order valence-electron chi connectivity index (χ1n) is 11.5. The quantitative estimate of drug-likeness (QED) is 0.387. The molecule has 1 aliphatic rings. The van der Waals surface area contributed by atoms with Crippen LogP contribution < -0.4 is 4.74 Å². The highest BCUT2D eigenvalue weighted by Crippen LogP contribution is 2.65. The maximum absolute atomic E-state index is 13.1. The lowest BCUT2D eigenvalue weighted by molar-refractivity contribution is -0.149. The summed E-state index contributed by atoms with van der Waals surface area (Å²) in [6.45, 7) is 10.7. The van der Waals surface area contributed by atoms with Gasteiger partial charge >= 0.3 is 5.97 Å². The van der Waals surface area contributed by atoms with Gasteiger partial charge in [-0.2, -0.15) is 5.26 Å². The minimum absolute atomic E-state index is 0.0501. The molecule has 3 aromatic rings. The van der Waals surface area contributed by atoms with E-state index in [1.807, 2.05) is 30.3 Å². The Morgan fingerprint density at radius 2 is 1.68 bits per heavy atom. The van der Waals surface area contributed by atoms with Crippen molar-refractivity contribution in [1.82, 2.24) is 4.98 Å². The van der Waals surface area contributed by atoms with Crippen molar-refractivity contribution in [1.29, 1.82) is 5.26 Å². The Labute approximate surface area is 201 Å². The second-order valence-corrected chi connectivity index (χ2v) is 10.4. The number of hydrogen-bond acceptors (Lipinski definition) is 5. The molecule has 0 saturated heterocycles. The SMILES string of the molecule is CC(C)(C)c1ccc([C@H]2[C@H](C(=O)OC(C#N)c3cccc(Oc4ccccc4)n3)C2(C)C)cc1. The number of esters is 1. The first kappa shape index (κ1) is 23.5. The van der Waals surface area contributed by atoms with Crippen LogP contribution in [0, 0.1) is 22.7 Å². The van der Waals surface area contributed by atoms with Crippen molar-refractivity contribution in [3.63, 3.8) is 0 Å². The predicted octanol–water partition coefficient (Wildman–Crippen LogP) is 6.72. The van der Waals surface area contributed by atoms with E-state index in [9.17, 15) is 10.1 Å². The van der Waals surface area contributed by atoms with Gasteiger partial charge in [-0.15, -0.1) is 0 Å². The van der Waals surface area contributed by atoms with E-state index in [1.54, 1.807) is 18.2 Å². The summed E-state index contributed by atoms with van der Waals surface area (Å²) in [6, 6.07) is 24.9. The molecule has 0 radical (unpaired) electrons. The van der Waals surface area contributed by atoms with Crippen molar-refractivity contribution in [2.45, 2.75) is 52.1 Å². The lowest BCUT2D eigenvalue weighted by atomic mass is 9.86. The first-order valence-corrected chi connectivity index (χ1v) is 11.5. The third-order valence-corrected chi connectivity index (χ3v) is 6.55. The molecule has 174 valence electrons. The average molecular weight is 455 g/mol. The number of para-hydroxylation sites is 1. The van der Waals surface area contributed by atoms with Crippen molar-refractivity contribution < 1.29 is 14.3 Å². The van der Waals surface area contributed by atoms with Gasteiger partial charge in [0.05, 0.1) is 11.6 Å². The fraction of sp³-hybridized carbons (Fsp3) is 0.345. The molecule has 3 atom stereocenters. The summed E-state index contributed by atoms with van der Waals surface area (Å²) in [7, 11) is 0. The highest BCUT2D eigenvalue weighted by Gasteiger charge is 2.63. The molecule has 5 heteroatoms. The van der Waals surface area contributed by atoms with E-state index in [4.69, 9.17) is 9.47 Å². The van der Waals surface area contributed by atoms with Gasteiger partial charge in [0.1, 0.15) is 11.8 Å². The summed E-state index contributed by atoms with van der Waals surface area (Å²) < 4.78 is 11.4. The number of nitriles is 1. The zero-order chi connectivity index (χ0) is 24.5. The number of aromatic nitrogens is 1. The molecule has 1 heterocycles. The standard InChI is InChI=1S/C29H30N2O3/c1-28(2,3)20-16-14-19(15-17-20)25-26(29(25,4)5)27(32)34-23(18-30)22-12-9-13-24(31-22)33-21-10-7-6-8-11-21/h6-17,23,25-26H,1-5H3/t23?,25-,26+/m0/s1. The van der Waals surface area contributed by atoms with Crippen LogP contribution in [0.4, 0.5) is 0 Å². The molecule has 5 nitrogen and oxygen atoms in total. The smallest absolute Gasteiger partial charge is 0.311 e. The minimum atomic E-state index is -1.10. The summed E-state index contributed by atoms with van der Waals surface area (Å²) >= 11 is 0. The van der Waals surface area contributed by atoms with Gasteiger partial charge in [-0.1, -0.05) is 83.1 Å². The van der Waals surface area contributed by atoms with Gasteiger partial charge in [-0.3, -0.25) is 4.79 Å². The van der Waals surface area contributed by atoms with Crippen LogP contribution in [-0.2, 0) is 14.9 Å². The minimum Gasteiger partial charge on any atom is -0.440 e. The molecule has 1 aromatic heterocycles. The average Bonchev–Trinajstić information content (AvgIpc) is 3.39. The fourth-order valence-electron chi connectivity index (χ4n) is 4.48.